The second kappa shape index (κ2) is 12.9. The summed E-state index contributed by atoms with van der Waals surface area (Å²) in [6.45, 7) is 1.92. The van der Waals surface area contributed by atoms with Gasteiger partial charge < -0.3 is 16.8 Å². The van der Waals surface area contributed by atoms with Crippen LogP contribution >= 0.6 is 0 Å². The van der Waals surface area contributed by atoms with Gasteiger partial charge in [-0.1, -0.05) is 11.8 Å². The fraction of sp³-hybridized carbons (Fsp3) is 0.185. The Bertz CT molecular complexity index is 1280. The molecule has 0 unspecified atom stereocenters. The van der Waals surface area contributed by atoms with Crippen molar-refractivity contribution in [3.05, 3.63) is 95.3 Å². The van der Waals surface area contributed by atoms with Crippen LogP contribution in [0.2, 0.25) is 0 Å². The summed E-state index contributed by atoms with van der Waals surface area (Å²) in [5.41, 5.74) is 16.0. The number of primary amides is 1. The monoisotopic (exact) mass is 500 g/mol. The Morgan fingerprint density at radius 3 is 2.05 bits per heavy atom. The molecule has 0 bridgehead atoms. The first-order chi connectivity index (χ1) is 17.8. The molecule has 0 spiro atoms. The van der Waals surface area contributed by atoms with Gasteiger partial charge in [-0.2, -0.15) is 0 Å². The zero-order valence-corrected chi connectivity index (χ0v) is 20.2. The van der Waals surface area contributed by atoms with Crippen molar-refractivity contribution in [3.8, 4) is 11.8 Å². The van der Waals surface area contributed by atoms with Crippen LogP contribution in [-0.2, 0) is 16.1 Å². The first-order valence-corrected chi connectivity index (χ1v) is 11.4. The number of nitrogens with two attached hydrogens (primary N) is 2. The molecule has 10 nitrogen and oxygen atoms in total. The van der Waals surface area contributed by atoms with E-state index in [4.69, 9.17) is 11.5 Å². The molecule has 3 rings (SSSR count). The first kappa shape index (κ1) is 27.0. The van der Waals surface area contributed by atoms with Gasteiger partial charge in [0.2, 0.25) is 11.8 Å². The van der Waals surface area contributed by atoms with Crippen LogP contribution in [0.15, 0.2) is 73.1 Å². The van der Waals surface area contributed by atoms with Crippen molar-refractivity contribution in [2.45, 2.75) is 25.6 Å². The third-order valence-electron chi connectivity index (χ3n) is 5.44. The lowest BCUT2D eigenvalue weighted by atomic mass is 10.1. The smallest absolute Gasteiger partial charge is 0.268 e. The third kappa shape index (κ3) is 7.46. The minimum atomic E-state index is -1.15. The number of nitrogens with one attached hydrogen (secondary N) is 2. The van der Waals surface area contributed by atoms with Gasteiger partial charge in [-0.05, 0) is 73.2 Å². The van der Waals surface area contributed by atoms with Crippen molar-refractivity contribution in [3.63, 3.8) is 0 Å². The van der Waals surface area contributed by atoms with E-state index in [1.54, 1.807) is 73.3 Å². The minimum Gasteiger partial charge on any atom is -0.366 e. The topological polar surface area (TPSA) is 164 Å². The Hall–Kier alpha value is -4.56. The highest BCUT2D eigenvalue weighted by atomic mass is 16.5. The third-order valence-corrected chi connectivity index (χ3v) is 5.44. The fourth-order valence-electron chi connectivity index (χ4n) is 3.58. The zero-order valence-electron chi connectivity index (χ0n) is 20.2. The molecule has 37 heavy (non-hydrogen) atoms. The second-order valence-corrected chi connectivity index (χ2v) is 8.24. The van der Waals surface area contributed by atoms with E-state index < -0.39 is 29.8 Å². The van der Waals surface area contributed by atoms with E-state index in [1.807, 2.05) is 12.1 Å². The number of amides is 3. The van der Waals surface area contributed by atoms with Crippen LogP contribution in [0.3, 0.4) is 0 Å². The number of hydroxylamine groups is 1. The molecule has 0 radical (unpaired) electrons. The molecule has 3 aromatic rings. The highest BCUT2D eigenvalue weighted by Gasteiger charge is 2.33. The van der Waals surface area contributed by atoms with Gasteiger partial charge in [0.1, 0.15) is 6.04 Å². The average molecular weight is 501 g/mol. The maximum atomic E-state index is 13.2. The number of rotatable bonds is 9. The van der Waals surface area contributed by atoms with Crippen molar-refractivity contribution >= 4 is 23.4 Å². The molecule has 0 aliphatic carbocycles. The molecular formula is C27H28N6O4. The first-order valence-electron chi connectivity index (χ1n) is 11.4. The summed E-state index contributed by atoms with van der Waals surface area (Å²) < 4.78 is 0. The molecule has 0 aliphatic heterocycles. The standard InChI is InChI=1S/C27H28N6O4/c1-18(28)25(27(36)32-37)33(24(34)17-31-16-21-12-14-30-15-13-21)23-10-6-20(7-11-23)3-2-19-4-8-22(9-5-19)26(29)35/h4-15,18,25,31,37H,16-17,28H2,1H3,(H2,29,35)(H,32,36)/t18-,25+/m1/s1. The molecule has 1 aromatic heterocycles. The molecule has 2 aromatic carbocycles. The van der Waals surface area contributed by atoms with Crippen LogP contribution in [0.5, 0.6) is 0 Å². The van der Waals surface area contributed by atoms with Gasteiger partial charge >= 0.3 is 0 Å². The molecule has 0 saturated carbocycles. The SMILES string of the molecule is C[C@@H](N)[C@@H](C(=O)NO)N(C(=O)CNCc1ccncc1)c1ccc(C#Cc2ccc(C(N)=O)cc2)cc1. The van der Waals surface area contributed by atoms with Gasteiger partial charge in [0.05, 0.1) is 6.54 Å². The molecule has 0 saturated heterocycles. The molecule has 10 heteroatoms. The lowest BCUT2D eigenvalue weighted by Gasteiger charge is -2.33. The summed E-state index contributed by atoms with van der Waals surface area (Å²) in [7, 11) is 0. The number of carbonyl (C=O) groups excluding carboxylic acids is 3. The van der Waals surface area contributed by atoms with E-state index in [9.17, 15) is 19.6 Å². The zero-order chi connectivity index (χ0) is 26.8. The molecule has 7 N–H and O–H groups in total. The van der Waals surface area contributed by atoms with Crippen molar-refractivity contribution in [2.24, 2.45) is 11.5 Å². The van der Waals surface area contributed by atoms with E-state index in [1.165, 1.54) is 4.90 Å². The number of aromatic nitrogens is 1. The van der Waals surface area contributed by atoms with Crippen LogP contribution in [0, 0.1) is 11.8 Å². The van der Waals surface area contributed by atoms with Crippen LogP contribution < -0.4 is 27.2 Å². The average Bonchev–Trinajstić information content (AvgIpc) is 2.91. The Morgan fingerprint density at radius 1 is 0.973 bits per heavy atom. The van der Waals surface area contributed by atoms with Gasteiger partial charge in [0.15, 0.2) is 0 Å². The summed E-state index contributed by atoms with van der Waals surface area (Å²) in [4.78, 5) is 42.1. The van der Waals surface area contributed by atoms with E-state index in [0.29, 0.717) is 28.9 Å². The van der Waals surface area contributed by atoms with E-state index in [2.05, 4.69) is 22.1 Å². The Labute approximate surface area is 214 Å². The minimum absolute atomic E-state index is 0.0763. The molecule has 1 heterocycles. The summed E-state index contributed by atoms with van der Waals surface area (Å²) in [6, 6.07) is 15.0. The lowest BCUT2D eigenvalue weighted by Crippen LogP contribution is -2.58. The summed E-state index contributed by atoms with van der Waals surface area (Å²) in [5.74, 6) is 4.28. The van der Waals surface area contributed by atoms with Crippen molar-refractivity contribution in [1.82, 2.24) is 15.8 Å². The van der Waals surface area contributed by atoms with Gasteiger partial charge in [-0.25, -0.2) is 5.48 Å². The number of pyridine rings is 1. The van der Waals surface area contributed by atoms with Gasteiger partial charge in [-0.15, -0.1) is 0 Å². The maximum Gasteiger partial charge on any atom is 0.268 e. The molecule has 0 fully saturated rings. The molecular weight excluding hydrogens is 472 g/mol. The number of nitrogens with zero attached hydrogens (tertiary/aromatic N) is 2. The largest absolute Gasteiger partial charge is 0.366 e. The number of carbonyl (C=O) groups is 3. The summed E-state index contributed by atoms with van der Waals surface area (Å²) in [5, 5.41) is 12.3. The van der Waals surface area contributed by atoms with Crippen molar-refractivity contribution in [2.75, 3.05) is 11.4 Å². The second-order valence-electron chi connectivity index (χ2n) is 8.24. The Kier molecular flexibility index (Phi) is 9.46. The van der Waals surface area contributed by atoms with Crippen molar-refractivity contribution in [1.29, 1.82) is 0 Å². The normalized spacial score (nSPS) is 12.0. The highest BCUT2D eigenvalue weighted by molar-refractivity contribution is 6.02. The van der Waals surface area contributed by atoms with Crippen LogP contribution in [0.1, 0.15) is 34.0 Å². The Balaban J connectivity index is 1.81. The number of hydrogen-bond donors (Lipinski definition) is 5. The van der Waals surface area contributed by atoms with Crippen LogP contribution in [0.4, 0.5) is 5.69 Å². The maximum absolute atomic E-state index is 13.2. The highest BCUT2D eigenvalue weighted by Crippen LogP contribution is 2.20. The van der Waals surface area contributed by atoms with E-state index in [0.717, 1.165) is 5.56 Å². The Morgan fingerprint density at radius 2 is 1.54 bits per heavy atom. The van der Waals surface area contributed by atoms with E-state index >= 15 is 0 Å². The van der Waals surface area contributed by atoms with Crippen molar-refractivity contribution < 1.29 is 19.6 Å². The van der Waals surface area contributed by atoms with Crippen LogP contribution in [-0.4, -0.2) is 46.5 Å². The molecule has 190 valence electrons. The van der Waals surface area contributed by atoms with Gasteiger partial charge in [0, 0.05) is 47.4 Å². The molecule has 2 atom stereocenters. The molecule has 0 aliphatic rings. The predicted octanol–water partition coefficient (Wildman–Crippen LogP) is 0.924. The number of benzene rings is 2. The fourth-order valence-corrected chi connectivity index (χ4v) is 3.58. The summed E-state index contributed by atoms with van der Waals surface area (Å²) in [6.07, 6.45) is 3.31. The van der Waals surface area contributed by atoms with E-state index in [-0.39, 0.29) is 6.54 Å². The predicted molar refractivity (Wildman–Crippen MR) is 138 cm³/mol. The van der Waals surface area contributed by atoms with Gasteiger partial charge in [0.25, 0.3) is 5.91 Å². The molecule has 3 amide bonds. The number of anilines is 1. The summed E-state index contributed by atoms with van der Waals surface area (Å²) >= 11 is 0. The quantitative estimate of drug-likeness (QED) is 0.166. The number of hydrogen-bond acceptors (Lipinski definition) is 7. The lowest BCUT2D eigenvalue weighted by molar-refractivity contribution is -0.133. The van der Waals surface area contributed by atoms with Gasteiger partial charge in [-0.3, -0.25) is 29.5 Å². The van der Waals surface area contributed by atoms with Crippen LogP contribution in [0.25, 0.3) is 0 Å².